The number of nitrogens with zero attached hydrogens (tertiary/aromatic N) is 1. The van der Waals surface area contributed by atoms with Crippen molar-refractivity contribution in [1.29, 1.82) is 0 Å². The molecule has 0 bridgehead atoms. The number of esters is 1. The minimum absolute atomic E-state index is 0.00444. The number of hydrogen-bond donors (Lipinski definition) is 2. The first kappa shape index (κ1) is 41.6. The van der Waals surface area contributed by atoms with Gasteiger partial charge < -0.3 is 48.3 Å². The smallest absolute Gasteiger partial charge is 0.307 e. The lowest BCUT2D eigenvalue weighted by Gasteiger charge is -2.42. The fourth-order valence-electron chi connectivity index (χ4n) is 10.2. The monoisotopic (exact) mass is 759 g/mol. The topological polar surface area (TPSA) is 142 Å². The minimum atomic E-state index is -0.899. The molecule has 1 saturated carbocycles. The average Bonchev–Trinajstić information content (AvgIpc) is 3.70. The van der Waals surface area contributed by atoms with Crippen molar-refractivity contribution in [2.24, 2.45) is 35.5 Å². The SMILES string of the molecule is CO[C@@H]1[C@@H](O)[C@@H](OC)[C@H](O[C@@H]2CC3C=CC4C5CC(=O)O[C@@H](/C=C/C(C)O)CCC[C@H](O[C@H]6CC[C@H](N(C)C)[C@@H](C)O6)[C@@H](C)C(=O)C5=CC4C3C2)O[C@H]1C. The van der Waals surface area contributed by atoms with Gasteiger partial charge in [0, 0.05) is 32.1 Å². The summed E-state index contributed by atoms with van der Waals surface area (Å²) in [5.74, 6) is -0.640. The first-order chi connectivity index (χ1) is 25.8. The number of fused-ring (bicyclic) bond motifs is 5. The van der Waals surface area contributed by atoms with Crippen LogP contribution in [0.25, 0.3) is 0 Å². The van der Waals surface area contributed by atoms with Crippen molar-refractivity contribution in [3.8, 4) is 0 Å². The molecule has 2 N–H and O–H groups in total. The molecule has 6 rings (SSSR count). The molecular weight excluding hydrogens is 694 g/mol. The van der Waals surface area contributed by atoms with E-state index in [4.69, 9.17) is 33.2 Å². The summed E-state index contributed by atoms with van der Waals surface area (Å²) in [5.41, 5.74) is 0.692. The van der Waals surface area contributed by atoms with E-state index in [1.54, 1.807) is 26.2 Å². The molecule has 0 aromatic rings. The van der Waals surface area contributed by atoms with E-state index in [9.17, 15) is 19.8 Å². The second-order valence-corrected chi connectivity index (χ2v) is 16.9. The predicted octanol–water partition coefficient (Wildman–Crippen LogP) is 4.36. The van der Waals surface area contributed by atoms with Crippen molar-refractivity contribution in [3.63, 3.8) is 0 Å². The highest BCUT2D eigenvalue weighted by Gasteiger charge is 2.52. The zero-order valence-electron chi connectivity index (χ0n) is 33.5. The Kier molecular flexibility index (Phi) is 13.9. The van der Waals surface area contributed by atoms with Gasteiger partial charge in [-0.05, 0) is 115 Å². The molecule has 6 aliphatic rings. The Balaban J connectivity index is 1.22. The van der Waals surface area contributed by atoms with Crippen LogP contribution in [-0.4, -0.2) is 129 Å². The lowest BCUT2D eigenvalue weighted by molar-refractivity contribution is -0.311. The van der Waals surface area contributed by atoms with Crippen LogP contribution in [0.5, 0.6) is 0 Å². The number of allylic oxidation sites excluding steroid dienone is 4. The Morgan fingerprint density at radius 2 is 1.69 bits per heavy atom. The number of ether oxygens (including phenoxy) is 7. The Morgan fingerprint density at radius 1 is 0.926 bits per heavy atom. The van der Waals surface area contributed by atoms with Gasteiger partial charge in [-0.25, -0.2) is 0 Å². The van der Waals surface area contributed by atoms with Gasteiger partial charge in [0.2, 0.25) is 0 Å². The van der Waals surface area contributed by atoms with Gasteiger partial charge in [0.15, 0.2) is 18.4 Å². The summed E-state index contributed by atoms with van der Waals surface area (Å²) in [4.78, 5) is 30.5. The summed E-state index contributed by atoms with van der Waals surface area (Å²) in [5, 5.41) is 20.9. The van der Waals surface area contributed by atoms with Crippen LogP contribution in [0.15, 0.2) is 36.0 Å². The molecule has 0 spiro atoms. The molecule has 0 aromatic heterocycles. The van der Waals surface area contributed by atoms with E-state index in [1.165, 1.54) is 7.11 Å². The lowest BCUT2D eigenvalue weighted by Crippen LogP contribution is -2.59. The van der Waals surface area contributed by atoms with Crippen molar-refractivity contribution in [2.75, 3.05) is 28.3 Å². The standard InChI is InChI=1S/C42H65NO11/c1-22(44)12-14-27-10-9-11-35(54-37-17-16-34(43(5)6)24(3)50-37)23(2)38(46)33-20-31-29(32(33)21-36(45)52-27)15-13-26-18-28(19-30(26)31)53-42-41(49-8)39(47)40(48-7)25(4)51-42/h12-15,20,22-32,34-35,37,39-42,44,47H,9-11,16-19,21H2,1-8H3/b14-12+/t22?,23-,24-,25+,26?,27-,28-,29?,30?,31?,32?,34+,35+,37+,39-,40+,41-,42+/m1/s1. The molecule has 3 heterocycles. The summed E-state index contributed by atoms with van der Waals surface area (Å²) >= 11 is 0. The van der Waals surface area contributed by atoms with Crippen molar-refractivity contribution < 1.29 is 53.0 Å². The van der Waals surface area contributed by atoms with Gasteiger partial charge in [-0.3, -0.25) is 9.59 Å². The molecule has 0 aromatic carbocycles. The molecule has 3 saturated heterocycles. The maximum atomic E-state index is 14.7. The van der Waals surface area contributed by atoms with Gasteiger partial charge in [0.25, 0.3) is 0 Å². The van der Waals surface area contributed by atoms with Gasteiger partial charge in [-0.15, -0.1) is 0 Å². The maximum Gasteiger partial charge on any atom is 0.307 e. The summed E-state index contributed by atoms with van der Waals surface area (Å²) in [7, 11) is 7.23. The maximum absolute atomic E-state index is 14.7. The third-order valence-electron chi connectivity index (χ3n) is 13.1. The largest absolute Gasteiger partial charge is 0.458 e. The van der Waals surface area contributed by atoms with E-state index in [2.05, 4.69) is 44.1 Å². The van der Waals surface area contributed by atoms with Gasteiger partial charge in [-0.1, -0.05) is 31.2 Å². The van der Waals surface area contributed by atoms with Crippen LogP contribution in [0, 0.1) is 35.5 Å². The van der Waals surface area contributed by atoms with E-state index < -0.39 is 49.0 Å². The van der Waals surface area contributed by atoms with Crippen LogP contribution in [0.3, 0.4) is 0 Å². The Bertz CT molecular complexity index is 1380. The molecule has 3 aliphatic carbocycles. The van der Waals surface area contributed by atoms with Gasteiger partial charge in [-0.2, -0.15) is 0 Å². The van der Waals surface area contributed by atoms with Gasteiger partial charge in [0.05, 0.1) is 36.9 Å². The quantitative estimate of drug-likeness (QED) is 0.255. The van der Waals surface area contributed by atoms with Crippen LogP contribution in [0.1, 0.15) is 79.1 Å². The summed E-state index contributed by atoms with van der Waals surface area (Å²) in [6, 6.07) is 0.302. The normalized spacial score (nSPS) is 45.2. The lowest BCUT2D eigenvalue weighted by atomic mass is 9.70. The predicted molar refractivity (Wildman–Crippen MR) is 200 cm³/mol. The summed E-state index contributed by atoms with van der Waals surface area (Å²) in [6.45, 7) is 7.58. The number of aliphatic hydroxyl groups is 2. The number of hydrogen-bond acceptors (Lipinski definition) is 12. The number of carbonyl (C=O) groups is 2. The molecule has 304 valence electrons. The number of carbonyl (C=O) groups excluding carboxylic acids is 2. The third kappa shape index (κ3) is 9.08. The first-order valence-corrected chi connectivity index (χ1v) is 20.3. The highest BCUT2D eigenvalue weighted by Crippen LogP contribution is 2.54. The first-order valence-electron chi connectivity index (χ1n) is 20.3. The fourth-order valence-corrected chi connectivity index (χ4v) is 10.2. The number of aliphatic hydroxyl groups excluding tert-OH is 2. The van der Waals surface area contributed by atoms with E-state index in [1.807, 2.05) is 13.8 Å². The number of methoxy groups -OCH3 is 2. The van der Waals surface area contributed by atoms with Crippen LogP contribution < -0.4 is 0 Å². The Labute approximate surface area is 321 Å². The zero-order valence-corrected chi connectivity index (χ0v) is 33.5. The van der Waals surface area contributed by atoms with Gasteiger partial charge >= 0.3 is 5.97 Å². The van der Waals surface area contributed by atoms with Gasteiger partial charge in [0.1, 0.15) is 24.4 Å². The fraction of sp³-hybridized carbons (Fsp3) is 0.810. The minimum Gasteiger partial charge on any atom is -0.458 e. The second-order valence-electron chi connectivity index (χ2n) is 16.9. The van der Waals surface area contributed by atoms with Crippen molar-refractivity contribution in [2.45, 2.75) is 153 Å². The van der Waals surface area contributed by atoms with E-state index in [0.29, 0.717) is 30.9 Å². The number of Topliss-reactive ketones (excluding diaryl/α,β-unsaturated/α-hetero) is 1. The van der Waals surface area contributed by atoms with E-state index in [0.717, 1.165) is 25.7 Å². The molecule has 0 amide bonds. The molecule has 12 nitrogen and oxygen atoms in total. The van der Waals surface area contributed by atoms with E-state index in [-0.39, 0.29) is 72.2 Å². The molecule has 12 heteroatoms. The molecule has 18 atom stereocenters. The molecule has 0 radical (unpaired) electrons. The highest BCUT2D eigenvalue weighted by molar-refractivity contribution is 5.99. The van der Waals surface area contributed by atoms with Crippen LogP contribution in [0.2, 0.25) is 0 Å². The Morgan fingerprint density at radius 3 is 2.37 bits per heavy atom. The molecule has 54 heavy (non-hydrogen) atoms. The molecule has 6 unspecified atom stereocenters. The van der Waals surface area contributed by atoms with E-state index >= 15 is 0 Å². The van der Waals surface area contributed by atoms with Crippen LogP contribution >= 0.6 is 0 Å². The van der Waals surface area contributed by atoms with Crippen molar-refractivity contribution in [3.05, 3.63) is 36.0 Å². The molecular formula is C42H65NO11. The number of cyclic esters (lactones) is 1. The number of rotatable bonds is 9. The zero-order chi connectivity index (χ0) is 38.8. The summed E-state index contributed by atoms with van der Waals surface area (Å²) in [6.07, 6.45) is 9.87. The molecule has 4 fully saturated rings. The molecule has 3 aliphatic heterocycles. The van der Waals surface area contributed by atoms with Crippen LogP contribution in [0.4, 0.5) is 0 Å². The van der Waals surface area contributed by atoms with Crippen molar-refractivity contribution >= 4 is 11.8 Å². The number of likely N-dealkylation sites (N-methyl/N-ethyl adjacent to an activating group) is 1. The average molecular weight is 760 g/mol. The third-order valence-corrected chi connectivity index (χ3v) is 13.1. The van der Waals surface area contributed by atoms with Crippen LogP contribution in [-0.2, 0) is 42.7 Å². The Hall–Kier alpha value is -2.00. The number of ketones is 1. The summed E-state index contributed by atoms with van der Waals surface area (Å²) < 4.78 is 43.0. The highest BCUT2D eigenvalue weighted by atomic mass is 16.7. The second kappa shape index (κ2) is 18.1. The van der Waals surface area contributed by atoms with Crippen molar-refractivity contribution in [1.82, 2.24) is 4.90 Å².